The van der Waals surface area contributed by atoms with E-state index in [1.165, 1.54) is 11.3 Å². The molecule has 1 heterocycles. The number of aliphatic carboxylic acids is 1. The van der Waals surface area contributed by atoms with Crippen LogP contribution in [0.1, 0.15) is 10.9 Å². The molecule has 0 amide bonds. The molecule has 0 spiro atoms. The van der Waals surface area contributed by atoms with Crippen LogP contribution in [0.5, 0.6) is 0 Å². The number of carbonyl (C=O) groups is 1. The second kappa shape index (κ2) is 4.02. The van der Waals surface area contributed by atoms with Gasteiger partial charge in [-0.1, -0.05) is 0 Å². The third kappa shape index (κ3) is 2.06. The first-order valence-electron chi connectivity index (χ1n) is 3.30. The van der Waals surface area contributed by atoms with Gasteiger partial charge in [0.1, 0.15) is 6.04 Å². The van der Waals surface area contributed by atoms with Gasteiger partial charge in [-0.05, 0) is 35.1 Å². The Balaban J connectivity index is 2.87. The minimum atomic E-state index is -0.855. The van der Waals surface area contributed by atoms with E-state index in [1.807, 2.05) is 6.07 Å². The highest BCUT2D eigenvalue weighted by Crippen LogP contribution is 2.27. The first-order chi connectivity index (χ1) is 5.65. The van der Waals surface area contributed by atoms with E-state index >= 15 is 0 Å². The first kappa shape index (κ1) is 9.70. The molecule has 1 aromatic heterocycles. The highest BCUT2D eigenvalue weighted by molar-refractivity contribution is 9.11. The zero-order valence-corrected chi connectivity index (χ0v) is 8.78. The molecule has 0 aromatic carbocycles. The monoisotopic (exact) mass is 249 g/mol. The molecule has 0 bridgehead atoms. The normalized spacial score (nSPS) is 12.8. The van der Waals surface area contributed by atoms with Crippen LogP contribution in [0.4, 0.5) is 0 Å². The van der Waals surface area contributed by atoms with Gasteiger partial charge in [-0.25, -0.2) is 0 Å². The zero-order valence-electron chi connectivity index (χ0n) is 6.37. The minimum Gasteiger partial charge on any atom is -0.480 e. The van der Waals surface area contributed by atoms with E-state index in [0.717, 1.165) is 8.66 Å². The topological polar surface area (TPSA) is 49.3 Å². The van der Waals surface area contributed by atoms with E-state index < -0.39 is 12.0 Å². The summed E-state index contributed by atoms with van der Waals surface area (Å²) in [5, 5.41) is 11.5. The molecule has 66 valence electrons. The maximum absolute atomic E-state index is 10.7. The molecule has 0 aliphatic carbocycles. The molecule has 5 heteroatoms. The maximum atomic E-state index is 10.7. The van der Waals surface area contributed by atoms with Crippen molar-refractivity contribution in [3.8, 4) is 0 Å². The number of rotatable bonds is 3. The van der Waals surface area contributed by atoms with Crippen molar-refractivity contribution < 1.29 is 9.90 Å². The van der Waals surface area contributed by atoms with Crippen LogP contribution in [0.15, 0.2) is 15.9 Å². The van der Waals surface area contributed by atoms with Crippen LogP contribution in [0.3, 0.4) is 0 Å². The van der Waals surface area contributed by atoms with Crippen LogP contribution in [-0.2, 0) is 4.79 Å². The van der Waals surface area contributed by atoms with Gasteiger partial charge in [-0.2, -0.15) is 0 Å². The third-order valence-corrected chi connectivity index (χ3v) is 3.10. The van der Waals surface area contributed by atoms with Gasteiger partial charge in [0.05, 0.1) is 3.79 Å². The molecule has 0 saturated heterocycles. The van der Waals surface area contributed by atoms with Gasteiger partial charge in [0.15, 0.2) is 0 Å². The predicted octanol–water partition coefficient (Wildman–Crippen LogP) is 1.86. The maximum Gasteiger partial charge on any atom is 0.326 e. The highest BCUT2D eigenvalue weighted by atomic mass is 79.9. The third-order valence-electron chi connectivity index (χ3n) is 1.41. The van der Waals surface area contributed by atoms with Gasteiger partial charge in [0, 0.05) is 4.88 Å². The summed E-state index contributed by atoms with van der Waals surface area (Å²) < 4.78 is 0.944. The van der Waals surface area contributed by atoms with Crippen molar-refractivity contribution in [2.75, 3.05) is 7.05 Å². The lowest BCUT2D eigenvalue weighted by Gasteiger charge is -2.07. The summed E-state index contributed by atoms with van der Waals surface area (Å²) in [6, 6.07) is 3.04. The number of carboxylic acid groups (broad SMARTS) is 1. The Kier molecular flexibility index (Phi) is 3.25. The molecule has 12 heavy (non-hydrogen) atoms. The SMILES string of the molecule is CNC(C(=O)O)c1ccc(Br)s1. The van der Waals surface area contributed by atoms with E-state index in [4.69, 9.17) is 5.11 Å². The standard InChI is InChI=1S/C7H8BrNO2S/c1-9-6(7(10)11)4-2-3-5(8)12-4/h2-3,6,9H,1H3,(H,10,11). The average Bonchev–Trinajstić information content (AvgIpc) is 2.37. The molecule has 0 saturated carbocycles. The predicted molar refractivity (Wildman–Crippen MR) is 51.5 cm³/mol. The summed E-state index contributed by atoms with van der Waals surface area (Å²) in [5.74, 6) is -0.855. The lowest BCUT2D eigenvalue weighted by Crippen LogP contribution is -2.23. The van der Waals surface area contributed by atoms with Crippen LogP contribution >= 0.6 is 27.3 Å². The molecule has 0 fully saturated rings. The number of halogens is 1. The van der Waals surface area contributed by atoms with Crippen LogP contribution < -0.4 is 5.32 Å². The summed E-state index contributed by atoms with van der Waals surface area (Å²) in [5.41, 5.74) is 0. The molecule has 3 nitrogen and oxygen atoms in total. The molecule has 1 unspecified atom stereocenters. The van der Waals surface area contributed by atoms with Crippen LogP contribution in [0.2, 0.25) is 0 Å². The molecular weight excluding hydrogens is 242 g/mol. The van der Waals surface area contributed by atoms with Gasteiger partial charge >= 0.3 is 5.97 Å². The van der Waals surface area contributed by atoms with Crippen molar-refractivity contribution in [1.82, 2.24) is 5.32 Å². The summed E-state index contributed by atoms with van der Waals surface area (Å²) in [6.45, 7) is 0. The number of hydrogen-bond donors (Lipinski definition) is 2. The van der Waals surface area contributed by atoms with Crippen molar-refractivity contribution in [3.63, 3.8) is 0 Å². The number of thiophene rings is 1. The van der Waals surface area contributed by atoms with Crippen molar-refractivity contribution in [2.45, 2.75) is 6.04 Å². The Labute approximate surface area is 82.5 Å². The molecule has 1 aromatic rings. The number of likely N-dealkylation sites (N-methyl/N-ethyl adjacent to an activating group) is 1. The van der Waals surface area contributed by atoms with Gasteiger partial charge in [0.25, 0.3) is 0 Å². The number of nitrogens with one attached hydrogen (secondary N) is 1. The second-order valence-electron chi connectivity index (χ2n) is 2.20. The van der Waals surface area contributed by atoms with E-state index in [9.17, 15) is 4.79 Å². The molecule has 0 aliphatic rings. The first-order valence-corrected chi connectivity index (χ1v) is 4.91. The quantitative estimate of drug-likeness (QED) is 0.860. The van der Waals surface area contributed by atoms with E-state index in [2.05, 4.69) is 21.2 Å². The van der Waals surface area contributed by atoms with E-state index in [0.29, 0.717) is 0 Å². The van der Waals surface area contributed by atoms with Crippen LogP contribution in [0, 0.1) is 0 Å². The van der Waals surface area contributed by atoms with Crippen LogP contribution in [0.25, 0.3) is 0 Å². The summed E-state index contributed by atoms with van der Waals surface area (Å²) >= 11 is 4.70. The lowest BCUT2D eigenvalue weighted by molar-refractivity contribution is -0.139. The summed E-state index contributed by atoms with van der Waals surface area (Å²) in [6.07, 6.45) is 0. The van der Waals surface area contributed by atoms with E-state index in [1.54, 1.807) is 13.1 Å². The fraction of sp³-hybridized carbons (Fsp3) is 0.286. The Morgan fingerprint density at radius 3 is 2.75 bits per heavy atom. The smallest absolute Gasteiger partial charge is 0.326 e. The second-order valence-corrected chi connectivity index (χ2v) is 4.70. The Hall–Kier alpha value is -0.390. The summed E-state index contributed by atoms with van der Waals surface area (Å²) in [4.78, 5) is 11.5. The Morgan fingerprint density at radius 2 is 2.42 bits per heavy atom. The number of carboxylic acids is 1. The van der Waals surface area contributed by atoms with Crippen molar-refractivity contribution in [2.24, 2.45) is 0 Å². The van der Waals surface area contributed by atoms with Crippen LogP contribution in [-0.4, -0.2) is 18.1 Å². The Bertz CT molecular complexity index is 287. The molecular formula is C7H8BrNO2S. The van der Waals surface area contributed by atoms with Crippen molar-refractivity contribution in [1.29, 1.82) is 0 Å². The largest absolute Gasteiger partial charge is 0.480 e. The molecule has 0 radical (unpaired) electrons. The summed E-state index contributed by atoms with van der Waals surface area (Å²) in [7, 11) is 1.63. The van der Waals surface area contributed by atoms with Crippen molar-refractivity contribution in [3.05, 3.63) is 20.8 Å². The van der Waals surface area contributed by atoms with E-state index in [-0.39, 0.29) is 0 Å². The molecule has 2 N–H and O–H groups in total. The molecule has 1 rings (SSSR count). The fourth-order valence-corrected chi connectivity index (χ4v) is 2.40. The lowest BCUT2D eigenvalue weighted by atomic mass is 10.2. The Morgan fingerprint density at radius 1 is 1.75 bits per heavy atom. The zero-order chi connectivity index (χ0) is 9.14. The minimum absolute atomic E-state index is 0.596. The fourth-order valence-electron chi connectivity index (χ4n) is 0.871. The van der Waals surface area contributed by atoms with Gasteiger partial charge < -0.3 is 10.4 Å². The van der Waals surface area contributed by atoms with Gasteiger partial charge in [0.2, 0.25) is 0 Å². The number of hydrogen-bond acceptors (Lipinski definition) is 3. The molecule has 0 aliphatic heterocycles. The highest BCUT2D eigenvalue weighted by Gasteiger charge is 2.18. The average molecular weight is 250 g/mol. The van der Waals surface area contributed by atoms with Crippen molar-refractivity contribution >= 4 is 33.2 Å². The molecule has 1 atom stereocenters. The van der Waals surface area contributed by atoms with Gasteiger partial charge in [-0.15, -0.1) is 11.3 Å². The van der Waals surface area contributed by atoms with Gasteiger partial charge in [-0.3, -0.25) is 4.79 Å².